The average Bonchev–Trinajstić information content (AvgIpc) is 2.74. The van der Waals surface area contributed by atoms with E-state index in [4.69, 9.17) is 14.6 Å². The molecule has 170 valence electrons. The Labute approximate surface area is 202 Å². The van der Waals surface area contributed by atoms with Crippen molar-refractivity contribution in [2.24, 2.45) is 0 Å². The van der Waals surface area contributed by atoms with Crippen molar-refractivity contribution < 1.29 is 35.6 Å². The topological polar surface area (TPSA) is 106 Å². The monoisotopic (exact) mass is 625 g/mol. The first-order chi connectivity index (χ1) is 14.8. The number of hydrogen-bond acceptors (Lipinski definition) is 6. The van der Waals surface area contributed by atoms with Gasteiger partial charge in [-0.05, 0) is 11.7 Å². The van der Waals surface area contributed by atoms with E-state index in [1.165, 1.54) is 0 Å². The van der Waals surface area contributed by atoms with E-state index in [1.54, 1.807) is 42.5 Å². The maximum Gasteiger partial charge on any atom is 2.00 e. The number of aliphatic hydroxyl groups is 1. The molecular formula is C22H27N3O5SiW. The van der Waals surface area contributed by atoms with Crippen molar-refractivity contribution in [1.82, 2.24) is 14.8 Å². The van der Waals surface area contributed by atoms with E-state index in [9.17, 15) is 9.59 Å². The minimum absolute atomic E-state index is 0. The Balaban J connectivity index is 0.000000315. The van der Waals surface area contributed by atoms with Crippen LogP contribution in [0.2, 0.25) is 25.7 Å². The van der Waals surface area contributed by atoms with Crippen LogP contribution in [0.4, 0.5) is 0 Å². The van der Waals surface area contributed by atoms with Crippen molar-refractivity contribution in [2.45, 2.75) is 32.3 Å². The van der Waals surface area contributed by atoms with Crippen LogP contribution in [0.3, 0.4) is 0 Å². The molecule has 1 heterocycles. The van der Waals surface area contributed by atoms with Crippen LogP contribution in [0.1, 0.15) is 5.56 Å². The van der Waals surface area contributed by atoms with Crippen LogP contribution in [-0.4, -0.2) is 41.3 Å². The van der Waals surface area contributed by atoms with Crippen LogP contribution < -0.4 is 16.0 Å². The molecule has 0 aliphatic carbocycles. The first kappa shape index (κ1) is 27.7. The summed E-state index contributed by atoms with van der Waals surface area (Å²) < 4.78 is 12.0. The Morgan fingerprint density at radius 1 is 1.12 bits per heavy atom. The van der Waals surface area contributed by atoms with Gasteiger partial charge in [-0.1, -0.05) is 25.2 Å². The predicted molar refractivity (Wildman–Crippen MR) is 120 cm³/mol. The molecule has 0 spiro atoms. The normalized spacial score (nSPS) is 10.5. The summed E-state index contributed by atoms with van der Waals surface area (Å²) in [7, 11) is -1.03. The number of nitrogens with one attached hydrogen (secondary N) is 1. The Morgan fingerprint density at radius 3 is 2.44 bits per heavy atom. The fourth-order valence-electron chi connectivity index (χ4n) is 2.31. The fourth-order valence-corrected chi connectivity index (χ4v) is 3.07. The predicted octanol–water partition coefficient (Wildman–Crippen LogP) is 2.39. The van der Waals surface area contributed by atoms with Gasteiger partial charge in [0, 0.05) is 27.0 Å². The fraction of sp³-hybridized carbons (Fsp3) is 0.318. The minimum Gasteiger partial charge on any atom is -0.493 e. The van der Waals surface area contributed by atoms with Crippen molar-refractivity contribution in [1.29, 1.82) is 0 Å². The molecule has 0 saturated heterocycles. The molecule has 0 radical (unpaired) electrons. The van der Waals surface area contributed by atoms with E-state index in [-0.39, 0.29) is 34.5 Å². The Bertz CT molecular complexity index is 1050. The van der Waals surface area contributed by atoms with Gasteiger partial charge in [0.1, 0.15) is 6.20 Å². The van der Waals surface area contributed by atoms with Crippen molar-refractivity contribution in [3.8, 4) is 11.4 Å². The third kappa shape index (κ3) is 9.87. The summed E-state index contributed by atoms with van der Waals surface area (Å²) in [5, 5.41) is 12.8. The Kier molecular flexibility index (Phi) is 12.1. The summed E-state index contributed by atoms with van der Waals surface area (Å²) in [6.45, 7) is 7.88. The largest absolute Gasteiger partial charge is 2.00 e. The van der Waals surface area contributed by atoms with Crippen LogP contribution in [0.15, 0.2) is 58.3 Å². The van der Waals surface area contributed by atoms with Crippen LogP contribution in [0, 0.1) is 12.1 Å². The first-order valence-corrected chi connectivity index (χ1v) is 13.5. The van der Waals surface area contributed by atoms with Gasteiger partial charge in [-0.25, -0.2) is 9.48 Å². The van der Waals surface area contributed by atoms with E-state index in [0.29, 0.717) is 11.4 Å². The number of aliphatic hydroxyl groups excluding tert-OH is 1. The second kappa shape index (κ2) is 14.0. The number of rotatable bonds is 8. The second-order valence-electron chi connectivity index (χ2n) is 7.78. The quantitative estimate of drug-likeness (QED) is 0.173. The summed E-state index contributed by atoms with van der Waals surface area (Å²) >= 11 is 0. The molecule has 1 aromatic heterocycles. The molecule has 0 unspecified atom stereocenters. The molecule has 0 atom stereocenters. The third-order valence-corrected chi connectivity index (χ3v) is 5.73. The van der Waals surface area contributed by atoms with Gasteiger partial charge in [0.15, 0.2) is 6.79 Å². The Morgan fingerprint density at radius 2 is 1.81 bits per heavy atom. The molecule has 8 nitrogen and oxygen atoms in total. The summed E-state index contributed by atoms with van der Waals surface area (Å²) in [4.78, 5) is 24.1. The van der Waals surface area contributed by atoms with Crippen molar-refractivity contribution >= 4 is 8.07 Å². The summed E-state index contributed by atoms with van der Waals surface area (Å²) in [5.41, 5.74) is 0.267. The summed E-state index contributed by atoms with van der Waals surface area (Å²) in [6, 6.07) is 18.8. The summed E-state index contributed by atoms with van der Waals surface area (Å²) in [5.74, 6) is 0.666. The van der Waals surface area contributed by atoms with E-state index in [2.05, 4.69) is 41.9 Å². The van der Waals surface area contributed by atoms with Gasteiger partial charge in [0.2, 0.25) is 0 Å². The van der Waals surface area contributed by atoms with Crippen molar-refractivity contribution in [3.63, 3.8) is 0 Å². The molecule has 2 N–H and O–H groups in total. The number of nitrogens with zero attached hydrogens (tertiary/aromatic N) is 2. The number of ether oxygens (including phenoxy) is 2. The zero-order valence-corrected chi connectivity index (χ0v) is 22.3. The maximum absolute atomic E-state index is 11.3. The smallest absolute Gasteiger partial charge is 0.493 e. The number of hydrogen-bond donors (Lipinski definition) is 2. The van der Waals surface area contributed by atoms with Gasteiger partial charge in [-0.15, -0.1) is 18.2 Å². The maximum atomic E-state index is 11.3. The molecule has 10 heteroatoms. The van der Waals surface area contributed by atoms with Gasteiger partial charge in [-0.2, -0.15) is 41.5 Å². The zero-order valence-electron chi connectivity index (χ0n) is 18.3. The van der Waals surface area contributed by atoms with Gasteiger partial charge in [0.25, 0.3) is 5.56 Å². The van der Waals surface area contributed by atoms with Gasteiger partial charge < -0.3 is 14.6 Å². The van der Waals surface area contributed by atoms with Gasteiger partial charge in [0.05, 0.1) is 0 Å². The first-order valence-electron chi connectivity index (χ1n) is 9.76. The number of benzene rings is 2. The van der Waals surface area contributed by atoms with Crippen LogP contribution >= 0.6 is 0 Å². The molecule has 3 aromatic rings. The Hall–Kier alpha value is -2.32. The van der Waals surface area contributed by atoms with E-state index < -0.39 is 19.3 Å². The van der Waals surface area contributed by atoms with E-state index >= 15 is 0 Å². The average molecular weight is 625 g/mol. The third-order valence-electron chi connectivity index (χ3n) is 4.03. The molecular weight excluding hydrogens is 598 g/mol. The number of aromatic nitrogens is 3. The molecule has 3 rings (SSSR count). The van der Waals surface area contributed by atoms with Gasteiger partial charge >= 0.3 is 26.8 Å². The molecule has 32 heavy (non-hydrogen) atoms. The van der Waals surface area contributed by atoms with Crippen molar-refractivity contribution in [2.75, 3.05) is 13.4 Å². The summed E-state index contributed by atoms with van der Waals surface area (Å²) in [6.07, 6.45) is 1.05. The molecule has 0 bridgehead atoms. The molecule has 0 saturated carbocycles. The van der Waals surface area contributed by atoms with Crippen molar-refractivity contribution in [3.05, 3.63) is 87.2 Å². The number of H-pyrrole nitrogens is 1. The van der Waals surface area contributed by atoms with Gasteiger partial charge in [-0.3, -0.25) is 9.78 Å². The number of aromatic amines is 1. The zero-order chi connectivity index (χ0) is 22.7. The van der Waals surface area contributed by atoms with E-state index in [0.717, 1.165) is 29.1 Å². The molecule has 0 fully saturated rings. The molecule has 0 amide bonds. The van der Waals surface area contributed by atoms with E-state index in [1.807, 2.05) is 0 Å². The van der Waals surface area contributed by atoms with Crippen LogP contribution in [0.25, 0.3) is 5.69 Å². The standard InChI is InChI=1S/C13H21O3Si.C9H6N3O2.W/c1-17(2,3)9-8-15-11-16-13-7-5-4-6-12(13)10-14;13-8-6-10-12(9(14)11-8)7-4-2-1-3-5-7;/h5-7,14H,8-11H2,1-3H3;2-6H,(H,11,13,14);/q2*-1;+2. The van der Waals surface area contributed by atoms with Crippen LogP contribution in [-0.2, 0) is 32.4 Å². The molecule has 0 aliphatic heterocycles. The van der Waals surface area contributed by atoms with Crippen LogP contribution in [0.5, 0.6) is 5.75 Å². The SMILES string of the molecule is C[Si](C)(C)CCOCOc1cc[c-]cc1CO.O=c1cnn(-c2cc[c-]cc2)c(=O)[nH]1.[W+2]. The molecule has 2 aromatic carbocycles. The second-order valence-corrected chi connectivity index (χ2v) is 13.4. The minimum atomic E-state index is -1.03. The molecule has 0 aliphatic rings.